The number of benzene rings is 2. The Hall–Kier alpha value is -2.92. The van der Waals surface area contributed by atoms with Gasteiger partial charge in [0.1, 0.15) is 17.1 Å². The second-order valence-electron chi connectivity index (χ2n) is 8.11. The van der Waals surface area contributed by atoms with E-state index in [1.807, 2.05) is 30.3 Å². The highest BCUT2D eigenvalue weighted by molar-refractivity contribution is 5.86. The van der Waals surface area contributed by atoms with Crippen LogP contribution in [0.2, 0.25) is 0 Å². The van der Waals surface area contributed by atoms with Gasteiger partial charge in [0.05, 0.1) is 10.9 Å². The smallest absolute Gasteiger partial charge is 0.343 e. The first kappa shape index (κ1) is 20.4. The van der Waals surface area contributed by atoms with Crippen molar-refractivity contribution in [1.82, 2.24) is 4.90 Å². The summed E-state index contributed by atoms with van der Waals surface area (Å²) < 4.78 is 5.56. The molecular formula is C25H27NO4. The number of aromatic hydroxyl groups is 1. The third-order valence-electron chi connectivity index (χ3n) is 6.12. The Morgan fingerprint density at radius 2 is 1.70 bits per heavy atom. The van der Waals surface area contributed by atoms with Crippen LogP contribution in [0, 0.1) is 5.92 Å². The maximum absolute atomic E-state index is 13.0. The second kappa shape index (κ2) is 8.84. The van der Waals surface area contributed by atoms with E-state index >= 15 is 0 Å². The van der Waals surface area contributed by atoms with Gasteiger partial charge in [0.15, 0.2) is 0 Å². The average molecular weight is 405 g/mol. The standard InChI is InChI=1S/C25H27NO4/c1-17(27)20(16-26-14-8-3-9-15-26)22(18-10-4-2-5-11-18)23-24(28)19-12-6-7-13-21(19)30-25(23)29/h2,4-7,10-13,20,22,28H,3,8-9,14-16H2,1H3/t20-,22-/m0/s1. The van der Waals surface area contributed by atoms with E-state index < -0.39 is 17.5 Å². The highest BCUT2D eigenvalue weighted by Gasteiger charge is 2.35. The van der Waals surface area contributed by atoms with Crippen molar-refractivity contribution < 1.29 is 14.3 Å². The molecule has 0 spiro atoms. The zero-order chi connectivity index (χ0) is 21.1. The molecule has 156 valence electrons. The molecule has 2 atom stereocenters. The Kier molecular flexibility index (Phi) is 6.00. The van der Waals surface area contributed by atoms with Gasteiger partial charge in [0.25, 0.3) is 0 Å². The van der Waals surface area contributed by atoms with Crippen LogP contribution in [-0.4, -0.2) is 35.4 Å². The predicted molar refractivity (Wildman–Crippen MR) is 117 cm³/mol. The zero-order valence-electron chi connectivity index (χ0n) is 17.2. The molecule has 5 nitrogen and oxygen atoms in total. The van der Waals surface area contributed by atoms with Crippen LogP contribution >= 0.6 is 0 Å². The topological polar surface area (TPSA) is 70.8 Å². The van der Waals surface area contributed by atoms with E-state index in [2.05, 4.69) is 4.90 Å². The predicted octanol–water partition coefficient (Wildman–Crippen LogP) is 4.32. The molecule has 1 N–H and O–H groups in total. The Morgan fingerprint density at radius 1 is 1.03 bits per heavy atom. The third-order valence-corrected chi connectivity index (χ3v) is 6.12. The lowest BCUT2D eigenvalue weighted by molar-refractivity contribution is -0.121. The van der Waals surface area contributed by atoms with Gasteiger partial charge in [-0.3, -0.25) is 4.79 Å². The highest BCUT2D eigenvalue weighted by atomic mass is 16.4. The van der Waals surface area contributed by atoms with Crippen LogP contribution in [0.3, 0.4) is 0 Å². The molecule has 1 saturated heterocycles. The summed E-state index contributed by atoms with van der Waals surface area (Å²) in [6.07, 6.45) is 3.44. The van der Waals surface area contributed by atoms with Crippen LogP contribution in [0.15, 0.2) is 63.8 Å². The van der Waals surface area contributed by atoms with Crippen molar-refractivity contribution >= 4 is 16.8 Å². The summed E-state index contributed by atoms with van der Waals surface area (Å²) in [5.41, 5.74) is 0.737. The number of Topliss-reactive ketones (excluding diaryl/α,β-unsaturated/α-hetero) is 1. The lowest BCUT2D eigenvalue weighted by Gasteiger charge is -2.33. The molecule has 1 aliphatic heterocycles. The number of rotatable bonds is 6. The summed E-state index contributed by atoms with van der Waals surface area (Å²) in [6.45, 7) is 4.03. The number of nitrogens with zero attached hydrogens (tertiary/aromatic N) is 1. The summed E-state index contributed by atoms with van der Waals surface area (Å²) in [5, 5.41) is 11.6. The van der Waals surface area contributed by atoms with E-state index in [1.165, 1.54) is 6.42 Å². The molecule has 2 aromatic carbocycles. The van der Waals surface area contributed by atoms with Crippen LogP contribution < -0.4 is 5.63 Å². The van der Waals surface area contributed by atoms with Gasteiger partial charge in [-0.1, -0.05) is 48.9 Å². The first-order chi connectivity index (χ1) is 14.6. The summed E-state index contributed by atoms with van der Waals surface area (Å²) in [7, 11) is 0. The Morgan fingerprint density at radius 3 is 2.40 bits per heavy atom. The van der Waals surface area contributed by atoms with Crippen LogP contribution in [0.4, 0.5) is 0 Å². The number of para-hydroxylation sites is 1. The molecular weight excluding hydrogens is 378 g/mol. The summed E-state index contributed by atoms with van der Waals surface area (Å²) in [6, 6.07) is 16.4. The normalized spacial score (nSPS) is 17.0. The number of carbonyl (C=O) groups is 1. The molecule has 30 heavy (non-hydrogen) atoms. The summed E-state index contributed by atoms with van der Waals surface area (Å²) in [4.78, 5) is 28.2. The maximum Gasteiger partial charge on any atom is 0.343 e. The SMILES string of the molecule is CC(=O)[C@H](CN1CCCCC1)[C@H](c1ccccc1)c1c(O)c2ccccc2oc1=O. The van der Waals surface area contributed by atoms with Crippen LogP contribution in [0.5, 0.6) is 5.75 Å². The van der Waals surface area contributed by atoms with Gasteiger partial charge in [-0.05, 0) is 50.6 Å². The van der Waals surface area contributed by atoms with Crippen molar-refractivity contribution in [2.45, 2.75) is 32.1 Å². The fourth-order valence-corrected chi connectivity index (χ4v) is 4.57. The second-order valence-corrected chi connectivity index (χ2v) is 8.11. The number of piperidine rings is 1. The molecule has 0 amide bonds. The van der Waals surface area contributed by atoms with Gasteiger partial charge in [0.2, 0.25) is 0 Å². The molecule has 4 rings (SSSR count). The van der Waals surface area contributed by atoms with Gasteiger partial charge >= 0.3 is 5.63 Å². The number of carbonyl (C=O) groups excluding carboxylic acids is 1. The minimum atomic E-state index is -0.593. The van der Waals surface area contributed by atoms with E-state index in [4.69, 9.17) is 4.42 Å². The van der Waals surface area contributed by atoms with E-state index in [0.717, 1.165) is 31.5 Å². The van der Waals surface area contributed by atoms with Crippen LogP contribution in [-0.2, 0) is 4.79 Å². The molecule has 0 radical (unpaired) electrons. The van der Waals surface area contributed by atoms with Gasteiger partial charge in [0, 0.05) is 18.4 Å². The van der Waals surface area contributed by atoms with Crippen molar-refractivity contribution in [3.05, 3.63) is 76.1 Å². The Bertz CT molecular complexity index is 1080. The van der Waals surface area contributed by atoms with Gasteiger partial charge in [-0.25, -0.2) is 4.79 Å². The molecule has 0 bridgehead atoms. The van der Waals surface area contributed by atoms with Gasteiger partial charge in [-0.15, -0.1) is 0 Å². The van der Waals surface area contributed by atoms with E-state index in [9.17, 15) is 14.7 Å². The number of fused-ring (bicyclic) bond motifs is 1. The molecule has 0 aliphatic carbocycles. The van der Waals surface area contributed by atoms with Crippen molar-refractivity contribution in [1.29, 1.82) is 0 Å². The van der Waals surface area contributed by atoms with Crippen molar-refractivity contribution in [2.24, 2.45) is 5.92 Å². The monoisotopic (exact) mass is 405 g/mol. The fraction of sp³-hybridized carbons (Fsp3) is 0.360. The lowest BCUT2D eigenvalue weighted by atomic mass is 9.78. The van der Waals surface area contributed by atoms with Crippen molar-refractivity contribution in [3.63, 3.8) is 0 Å². The van der Waals surface area contributed by atoms with Gasteiger partial charge < -0.3 is 14.4 Å². The third kappa shape index (κ3) is 4.03. The minimum absolute atomic E-state index is 0.00128. The largest absolute Gasteiger partial charge is 0.507 e. The molecule has 5 heteroatoms. The molecule has 3 aromatic rings. The van der Waals surface area contributed by atoms with E-state index in [-0.39, 0.29) is 17.1 Å². The van der Waals surface area contributed by atoms with Crippen LogP contribution in [0.25, 0.3) is 11.0 Å². The fourth-order valence-electron chi connectivity index (χ4n) is 4.57. The van der Waals surface area contributed by atoms with E-state index in [1.54, 1.807) is 31.2 Å². The molecule has 0 saturated carbocycles. The number of hydrogen-bond acceptors (Lipinski definition) is 5. The molecule has 1 aromatic heterocycles. The maximum atomic E-state index is 13.0. The molecule has 1 fully saturated rings. The molecule has 2 heterocycles. The van der Waals surface area contributed by atoms with E-state index in [0.29, 0.717) is 17.5 Å². The number of ketones is 1. The molecule has 1 aliphatic rings. The number of hydrogen-bond donors (Lipinski definition) is 1. The number of likely N-dealkylation sites (tertiary alicyclic amines) is 1. The Balaban J connectivity index is 1.87. The zero-order valence-corrected chi connectivity index (χ0v) is 17.2. The lowest BCUT2D eigenvalue weighted by Crippen LogP contribution is -2.39. The average Bonchev–Trinajstić information content (AvgIpc) is 2.76. The minimum Gasteiger partial charge on any atom is -0.507 e. The van der Waals surface area contributed by atoms with Crippen molar-refractivity contribution in [3.8, 4) is 5.75 Å². The Labute approximate surface area is 175 Å². The quantitative estimate of drug-likeness (QED) is 0.619. The summed E-state index contributed by atoms with van der Waals surface area (Å²) >= 11 is 0. The van der Waals surface area contributed by atoms with Crippen molar-refractivity contribution in [2.75, 3.05) is 19.6 Å². The first-order valence-corrected chi connectivity index (χ1v) is 10.6. The summed E-state index contributed by atoms with van der Waals surface area (Å²) in [5.74, 6) is -1.13. The van der Waals surface area contributed by atoms with Crippen LogP contribution in [0.1, 0.15) is 43.2 Å². The first-order valence-electron chi connectivity index (χ1n) is 10.6. The molecule has 0 unspecified atom stereocenters. The van der Waals surface area contributed by atoms with Gasteiger partial charge in [-0.2, -0.15) is 0 Å². The highest BCUT2D eigenvalue weighted by Crippen LogP contribution is 2.39.